The zero-order valence-corrected chi connectivity index (χ0v) is 9.18. The van der Waals surface area contributed by atoms with E-state index >= 15 is 0 Å². The van der Waals surface area contributed by atoms with Gasteiger partial charge in [-0.3, -0.25) is 10.1 Å². The van der Waals surface area contributed by atoms with Gasteiger partial charge in [0.15, 0.2) is 0 Å². The molecule has 0 N–H and O–H groups in total. The summed E-state index contributed by atoms with van der Waals surface area (Å²) >= 11 is 0. The first-order chi connectivity index (χ1) is 7.66. The number of likely N-dealkylation sites (N-methyl/N-ethyl adjacent to an activating group) is 1. The van der Waals surface area contributed by atoms with Gasteiger partial charge in [0.05, 0.1) is 12.2 Å². The summed E-state index contributed by atoms with van der Waals surface area (Å²) in [5.41, 5.74) is 2.00. The Morgan fingerprint density at radius 1 is 1.56 bits per heavy atom. The van der Waals surface area contributed by atoms with E-state index in [0.717, 1.165) is 23.5 Å². The highest BCUT2D eigenvalue weighted by Gasteiger charge is 2.15. The van der Waals surface area contributed by atoms with Crippen molar-refractivity contribution in [3.05, 3.63) is 33.9 Å². The molecule has 5 heteroatoms. The third kappa shape index (κ3) is 2.24. The lowest BCUT2D eigenvalue weighted by molar-refractivity contribution is -0.479. The molecule has 0 aromatic heterocycles. The summed E-state index contributed by atoms with van der Waals surface area (Å²) in [6.07, 6.45) is 0.466. The molecule has 1 aliphatic rings. The van der Waals surface area contributed by atoms with Gasteiger partial charge in [0.25, 0.3) is 0 Å². The van der Waals surface area contributed by atoms with E-state index in [9.17, 15) is 10.1 Å². The quantitative estimate of drug-likeness (QED) is 0.572. The van der Waals surface area contributed by atoms with Crippen LogP contribution < -0.4 is 9.64 Å². The maximum absolute atomic E-state index is 10.3. The van der Waals surface area contributed by atoms with Crippen LogP contribution in [0.15, 0.2) is 18.2 Å². The molecule has 16 heavy (non-hydrogen) atoms. The zero-order chi connectivity index (χ0) is 11.5. The molecule has 0 amide bonds. The Bertz CT molecular complexity index is 406. The third-order valence-corrected chi connectivity index (χ3v) is 2.70. The van der Waals surface area contributed by atoms with Gasteiger partial charge in [0.1, 0.15) is 12.4 Å². The Morgan fingerprint density at radius 2 is 2.38 bits per heavy atom. The molecule has 1 heterocycles. The normalized spacial score (nSPS) is 14.2. The fourth-order valence-electron chi connectivity index (χ4n) is 1.77. The monoisotopic (exact) mass is 222 g/mol. The molecule has 0 saturated carbocycles. The van der Waals surface area contributed by atoms with Crippen LogP contribution in [-0.2, 0) is 6.42 Å². The van der Waals surface area contributed by atoms with Gasteiger partial charge in [0.2, 0.25) is 6.54 Å². The number of hydrogen-bond acceptors (Lipinski definition) is 4. The number of nitrogens with zero attached hydrogens (tertiary/aromatic N) is 2. The van der Waals surface area contributed by atoms with Gasteiger partial charge < -0.3 is 9.64 Å². The number of benzene rings is 1. The van der Waals surface area contributed by atoms with Gasteiger partial charge in [0, 0.05) is 18.4 Å². The molecular formula is C11H14N2O3. The van der Waals surface area contributed by atoms with Crippen molar-refractivity contribution in [1.82, 2.24) is 0 Å². The topological polar surface area (TPSA) is 55.6 Å². The maximum Gasteiger partial charge on any atom is 0.207 e. The molecule has 0 atom stereocenters. The van der Waals surface area contributed by atoms with Gasteiger partial charge in [-0.15, -0.1) is 0 Å². The Kier molecular flexibility index (Phi) is 2.94. The second-order valence-electron chi connectivity index (χ2n) is 3.88. The number of fused-ring (bicyclic) bond motifs is 1. The first-order valence-electron chi connectivity index (χ1n) is 5.25. The predicted octanol–water partition coefficient (Wildman–Crippen LogP) is 1.33. The van der Waals surface area contributed by atoms with Crippen molar-refractivity contribution in [2.45, 2.75) is 6.42 Å². The minimum atomic E-state index is -0.292. The van der Waals surface area contributed by atoms with Crippen LogP contribution in [0.5, 0.6) is 5.75 Å². The molecule has 0 radical (unpaired) electrons. The van der Waals surface area contributed by atoms with E-state index in [1.807, 2.05) is 25.2 Å². The van der Waals surface area contributed by atoms with E-state index < -0.39 is 0 Å². The summed E-state index contributed by atoms with van der Waals surface area (Å²) in [5.74, 6) is 0.860. The van der Waals surface area contributed by atoms with E-state index in [-0.39, 0.29) is 11.5 Å². The minimum absolute atomic E-state index is 0.0244. The highest BCUT2D eigenvalue weighted by atomic mass is 16.6. The second-order valence-corrected chi connectivity index (χ2v) is 3.88. The first kappa shape index (κ1) is 10.7. The minimum Gasteiger partial charge on any atom is -0.490 e. The van der Waals surface area contributed by atoms with E-state index in [1.54, 1.807) is 0 Å². The summed E-state index contributed by atoms with van der Waals surface area (Å²) in [6.45, 7) is 1.52. The van der Waals surface area contributed by atoms with Crippen LogP contribution in [0.2, 0.25) is 0 Å². The second kappa shape index (κ2) is 4.38. The van der Waals surface area contributed by atoms with Crippen molar-refractivity contribution in [2.24, 2.45) is 0 Å². The van der Waals surface area contributed by atoms with Crippen LogP contribution in [0, 0.1) is 10.1 Å². The zero-order valence-electron chi connectivity index (χ0n) is 9.18. The van der Waals surface area contributed by atoms with E-state index in [4.69, 9.17) is 4.74 Å². The van der Waals surface area contributed by atoms with Gasteiger partial charge in [-0.2, -0.15) is 0 Å². The fraction of sp³-hybridized carbons (Fsp3) is 0.455. The molecule has 0 bridgehead atoms. The van der Waals surface area contributed by atoms with Crippen LogP contribution in [0.1, 0.15) is 5.56 Å². The third-order valence-electron chi connectivity index (χ3n) is 2.70. The molecule has 1 aliphatic heterocycles. The maximum atomic E-state index is 10.3. The highest BCUT2D eigenvalue weighted by Crippen LogP contribution is 2.31. The standard InChI is InChI=1S/C11H14N2O3/c1-12-6-7-16-11-3-2-9(8-10(11)12)4-5-13(14)15/h2-3,8H,4-7H2,1H3. The van der Waals surface area contributed by atoms with Crippen molar-refractivity contribution in [1.29, 1.82) is 0 Å². The number of hydrogen-bond donors (Lipinski definition) is 0. The Hall–Kier alpha value is -1.78. The van der Waals surface area contributed by atoms with Crippen LogP contribution in [0.25, 0.3) is 0 Å². The molecular weight excluding hydrogens is 208 g/mol. The van der Waals surface area contributed by atoms with E-state index in [1.165, 1.54) is 0 Å². The van der Waals surface area contributed by atoms with Gasteiger partial charge in [-0.1, -0.05) is 6.07 Å². The van der Waals surface area contributed by atoms with E-state index in [0.29, 0.717) is 13.0 Å². The lowest BCUT2D eigenvalue weighted by Crippen LogP contribution is -2.28. The van der Waals surface area contributed by atoms with Crippen molar-refractivity contribution < 1.29 is 9.66 Å². The number of ether oxygens (including phenoxy) is 1. The predicted molar refractivity (Wildman–Crippen MR) is 60.8 cm³/mol. The van der Waals surface area contributed by atoms with Crippen LogP contribution in [0.3, 0.4) is 0 Å². The van der Waals surface area contributed by atoms with Crippen molar-refractivity contribution in [3.63, 3.8) is 0 Å². The summed E-state index contributed by atoms with van der Waals surface area (Å²) in [5, 5.41) is 10.3. The summed E-state index contributed by atoms with van der Waals surface area (Å²) in [6, 6.07) is 5.75. The molecule has 1 aromatic carbocycles. The number of rotatable bonds is 3. The Labute approximate surface area is 93.8 Å². The van der Waals surface area contributed by atoms with Crippen molar-refractivity contribution in [2.75, 3.05) is 31.6 Å². The molecule has 5 nitrogen and oxygen atoms in total. The van der Waals surface area contributed by atoms with Crippen molar-refractivity contribution in [3.8, 4) is 5.75 Å². The molecule has 0 saturated heterocycles. The lowest BCUT2D eigenvalue weighted by Gasteiger charge is -2.28. The van der Waals surface area contributed by atoms with Gasteiger partial charge >= 0.3 is 0 Å². The fourth-order valence-corrected chi connectivity index (χ4v) is 1.77. The van der Waals surface area contributed by atoms with Gasteiger partial charge in [-0.25, -0.2) is 0 Å². The Morgan fingerprint density at radius 3 is 3.12 bits per heavy atom. The molecule has 0 unspecified atom stereocenters. The van der Waals surface area contributed by atoms with Crippen LogP contribution >= 0.6 is 0 Å². The Balaban J connectivity index is 2.17. The molecule has 0 spiro atoms. The van der Waals surface area contributed by atoms with Crippen LogP contribution in [0.4, 0.5) is 5.69 Å². The summed E-state index contributed by atoms with van der Waals surface area (Å²) in [4.78, 5) is 12.1. The summed E-state index contributed by atoms with van der Waals surface area (Å²) < 4.78 is 5.50. The molecule has 2 rings (SSSR count). The largest absolute Gasteiger partial charge is 0.490 e. The number of anilines is 1. The smallest absolute Gasteiger partial charge is 0.207 e. The van der Waals surface area contributed by atoms with Crippen LogP contribution in [-0.4, -0.2) is 31.7 Å². The first-order valence-corrected chi connectivity index (χ1v) is 5.25. The van der Waals surface area contributed by atoms with Crippen molar-refractivity contribution >= 4 is 5.69 Å². The molecule has 86 valence electrons. The highest BCUT2D eigenvalue weighted by molar-refractivity contribution is 5.60. The number of nitro groups is 1. The molecule has 0 fully saturated rings. The average molecular weight is 222 g/mol. The molecule has 0 aliphatic carbocycles. The lowest BCUT2D eigenvalue weighted by atomic mass is 10.1. The SMILES string of the molecule is CN1CCOc2ccc(CC[N+](=O)[O-])cc21. The van der Waals surface area contributed by atoms with Gasteiger partial charge in [-0.05, 0) is 17.7 Å². The average Bonchev–Trinajstić information content (AvgIpc) is 2.27. The summed E-state index contributed by atoms with van der Waals surface area (Å²) in [7, 11) is 2.00. The van der Waals surface area contributed by atoms with E-state index in [2.05, 4.69) is 4.90 Å². The molecule has 1 aromatic rings.